The van der Waals surface area contributed by atoms with Crippen LogP contribution in [0.2, 0.25) is 0 Å². The first-order valence-electron chi connectivity index (χ1n) is 5.51. The molecule has 96 valence electrons. The zero-order chi connectivity index (χ0) is 12.6. The van der Waals surface area contributed by atoms with Gasteiger partial charge in [-0.25, -0.2) is 0 Å². The Hall–Kier alpha value is -0.690. The summed E-state index contributed by atoms with van der Waals surface area (Å²) < 4.78 is 0. The first kappa shape index (κ1) is 15.3. The van der Waals surface area contributed by atoms with E-state index in [9.17, 15) is 5.11 Å². The van der Waals surface area contributed by atoms with E-state index < -0.39 is 18.8 Å². The Morgan fingerprint density at radius 2 is 1.81 bits per heavy atom. The fourth-order valence-electron chi connectivity index (χ4n) is 1.38. The topological polar surface area (TPSA) is 123 Å². The number of hydrogen-bond acceptors (Lipinski definition) is 5. The van der Waals surface area contributed by atoms with Gasteiger partial charge in [-0.3, -0.25) is 5.41 Å². The van der Waals surface area contributed by atoms with Crippen molar-refractivity contribution in [1.82, 2.24) is 5.32 Å². The van der Waals surface area contributed by atoms with Crippen LogP contribution in [0.4, 0.5) is 0 Å². The van der Waals surface area contributed by atoms with Crippen molar-refractivity contribution in [2.45, 2.75) is 51.0 Å². The van der Waals surface area contributed by atoms with Crippen LogP contribution in [0.1, 0.15) is 32.6 Å². The number of nitrogens with two attached hydrogens (primary N) is 1. The van der Waals surface area contributed by atoms with E-state index in [-0.39, 0.29) is 6.17 Å². The third-order valence-corrected chi connectivity index (χ3v) is 2.30. The lowest BCUT2D eigenvalue weighted by atomic mass is 10.1. The zero-order valence-corrected chi connectivity index (χ0v) is 9.69. The lowest BCUT2D eigenvalue weighted by molar-refractivity contribution is -0.0185. The molecule has 0 heterocycles. The summed E-state index contributed by atoms with van der Waals surface area (Å²) in [5.41, 5.74) is 5.67. The number of nitrogens with one attached hydrogen (secondary N) is 2. The molecule has 6 heteroatoms. The standard InChI is InChI=1S/C10H23N3O3/c1-7(11)13-10(12)5-3-2-4-8(15)9(16)6-14/h8-10,14-16H,2-6,12H2,1H3,(H2,11,13). The van der Waals surface area contributed by atoms with Gasteiger partial charge >= 0.3 is 0 Å². The van der Waals surface area contributed by atoms with Crippen molar-refractivity contribution < 1.29 is 15.3 Å². The minimum atomic E-state index is -1.06. The van der Waals surface area contributed by atoms with Crippen molar-refractivity contribution in [1.29, 1.82) is 5.41 Å². The van der Waals surface area contributed by atoms with E-state index in [1.165, 1.54) is 0 Å². The number of aliphatic hydroxyl groups is 3. The van der Waals surface area contributed by atoms with Crippen molar-refractivity contribution in [2.75, 3.05) is 6.61 Å². The highest BCUT2D eigenvalue weighted by atomic mass is 16.4. The van der Waals surface area contributed by atoms with E-state index in [1.807, 2.05) is 0 Å². The van der Waals surface area contributed by atoms with Crippen LogP contribution in [0.15, 0.2) is 0 Å². The van der Waals surface area contributed by atoms with Gasteiger partial charge < -0.3 is 26.4 Å². The SMILES string of the molecule is CC(=N)NC(N)CCCCC(O)C(O)CO. The molecule has 7 N–H and O–H groups in total. The summed E-state index contributed by atoms with van der Waals surface area (Å²) in [5.74, 6) is 0.336. The van der Waals surface area contributed by atoms with Crippen LogP contribution in [-0.2, 0) is 0 Å². The van der Waals surface area contributed by atoms with Crippen LogP contribution in [-0.4, -0.2) is 46.1 Å². The molecule has 0 aliphatic heterocycles. The quantitative estimate of drug-likeness (QED) is 0.141. The number of amidine groups is 1. The van der Waals surface area contributed by atoms with Gasteiger partial charge in [0, 0.05) is 0 Å². The van der Waals surface area contributed by atoms with E-state index in [4.69, 9.17) is 21.4 Å². The molecule has 0 saturated carbocycles. The van der Waals surface area contributed by atoms with Crippen molar-refractivity contribution in [3.8, 4) is 0 Å². The first-order chi connectivity index (χ1) is 7.47. The Morgan fingerprint density at radius 1 is 1.25 bits per heavy atom. The van der Waals surface area contributed by atoms with Crippen molar-refractivity contribution >= 4 is 5.84 Å². The molecule has 0 aliphatic rings. The molecule has 0 fully saturated rings. The summed E-state index contributed by atoms with van der Waals surface area (Å²) in [6, 6.07) is 0. The maximum absolute atomic E-state index is 9.34. The Labute approximate surface area is 96.0 Å². The normalized spacial score (nSPS) is 16.6. The van der Waals surface area contributed by atoms with Crippen LogP contribution in [0.25, 0.3) is 0 Å². The van der Waals surface area contributed by atoms with E-state index in [0.717, 1.165) is 12.8 Å². The van der Waals surface area contributed by atoms with Gasteiger partial charge in [0.15, 0.2) is 0 Å². The maximum atomic E-state index is 9.34. The lowest BCUT2D eigenvalue weighted by Crippen LogP contribution is -2.39. The van der Waals surface area contributed by atoms with Gasteiger partial charge in [0.2, 0.25) is 0 Å². The van der Waals surface area contributed by atoms with Crippen LogP contribution < -0.4 is 11.1 Å². The highest BCUT2D eigenvalue weighted by molar-refractivity contribution is 5.76. The predicted molar refractivity (Wildman–Crippen MR) is 62.1 cm³/mol. The number of unbranched alkanes of at least 4 members (excludes halogenated alkanes) is 1. The minimum absolute atomic E-state index is 0.239. The van der Waals surface area contributed by atoms with Crippen LogP contribution in [0.3, 0.4) is 0 Å². The van der Waals surface area contributed by atoms with Crippen LogP contribution in [0, 0.1) is 5.41 Å². The molecule has 3 unspecified atom stereocenters. The second-order valence-corrected chi connectivity index (χ2v) is 3.98. The van der Waals surface area contributed by atoms with Crippen molar-refractivity contribution in [2.24, 2.45) is 5.73 Å². The first-order valence-corrected chi connectivity index (χ1v) is 5.51. The van der Waals surface area contributed by atoms with Crippen LogP contribution >= 0.6 is 0 Å². The van der Waals surface area contributed by atoms with Crippen LogP contribution in [0.5, 0.6) is 0 Å². The Balaban J connectivity index is 3.49. The molecule has 0 radical (unpaired) electrons. The summed E-state index contributed by atoms with van der Waals surface area (Å²) >= 11 is 0. The summed E-state index contributed by atoms with van der Waals surface area (Å²) in [5, 5.41) is 36.9. The smallest absolute Gasteiger partial charge is 0.103 e. The van der Waals surface area contributed by atoms with E-state index in [1.54, 1.807) is 6.92 Å². The van der Waals surface area contributed by atoms with Gasteiger partial charge in [-0.2, -0.15) is 0 Å². The number of rotatable bonds is 8. The largest absolute Gasteiger partial charge is 0.394 e. The lowest BCUT2D eigenvalue weighted by Gasteiger charge is -2.16. The third kappa shape index (κ3) is 7.58. The van der Waals surface area contributed by atoms with E-state index in [2.05, 4.69) is 5.32 Å². The monoisotopic (exact) mass is 233 g/mol. The van der Waals surface area contributed by atoms with Crippen molar-refractivity contribution in [3.05, 3.63) is 0 Å². The average Bonchev–Trinajstić information content (AvgIpc) is 2.21. The van der Waals surface area contributed by atoms with E-state index >= 15 is 0 Å². The number of hydrogen-bond donors (Lipinski definition) is 6. The van der Waals surface area contributed by atoms with Gasteiger partial charge in [-0.05, 0) is 26.2 Å². The molecule has 0 aromatic rings. The molecular weight excluding hydrogens is 210 g/mol. The average molecular weight is 233 g/mol. The molecule has 0 spiro atoms. The van der Waals surface area contributed by atoms with E-state index in [0.29, 0.717) is 18.7 Å². The summed E-state index contributed by atoms with van der Waals surface area (Å²) in [6.45, 7) is 1.20. The predicted octanol–water partition coefficient (Wildman–Crippen LogP) is -0.868. The molecule has 0 aliphatic carbocycles. The summed E-state index contributed by atoms with van der Waals surface area (Å²) in [6.07, 6.45) is 0.504. The molecule has 16 heavy (non-hydrogen) atoms. The minimum Gasteiger partial charge on any atom is -0.394 e. The van der Waals surface area contributed by atoms with Gasteiger partial charge in [0.05, 0.1) is 24.7 Å². The van der Waals surface area contributed by atoms with Gasteiger partial charge in [-0.15, -0.1) is 0 Å². The Morgan fingerprint density at radius 3 is 2.31 bits per heavy atom. The van der Waals surface area contributed by atoms with Gasteiger partial charge in [0.25, 0.3) is 0 Å². The fourth-order valence-corrected chi connectivity index (χ4v) is 1.38. The fraction of sp³-hybridized carbons (Fsp3) is 0.900. The van der Waals surface area contributed by atoms with Gasteiger partial charge in [0.1, 0.15) is 6.10 Å². The third-order valence-electron chi connectivity index (χ3n) is 2.30. The molecular formula is C10H23N3O3. The molecule has 0 aromatic heterocycles. The second-order valence-electron chi connectivity index (χ2n) is 3.98. The Kier molecular flexibility index (Phi) is 8.10. The molecule has 0 saturated heterocycles. The molecule has 6 nitrogen and oxygen atoms in total. The maximum Gasteiger partial charge on any atom is 0.103 e. The summed E-state index contributed by atoms with van der Waals surface area (Å²) in [4.78, 5) is 0. The highest BCUT2D eigenvalue weighted by Gasteiger charge is 2.14. The molecule has 0 amide bonds. The highest BCUT2D eigenvalue weighted by Crippen LogP contribution is 2.07. The zero-order valence-electron chi connectivity index (χ0n) is 9.69. The molecule has 0 rings (SSSR count). The molecule has 3 atom stereocenters. The molecule has 0 bridgehead atoms. The second kappa shape index (κ2) is 8.46. The van der Waals surface area contributed by atoms with Gasteiger partial charge in [-0.1, -0.05) is 6.42 Å². The van der Waals surface area contributed by atoms with Crippen molar-refractivity contribution in [3.63, 3.8) is 0 Å². The summed E-state index contributed by atoms with van der Waals surface area (Å²) in [7, 11) is 0. The molecule has 0 aromatic carbocycles. The Bertz CT molecular complexity index is 202. The number of aliphatic hydroxyl groups excluding tert-OH is 3.